The molecule has 0 amide bonds. The van der Waals surface area contributed by atoms with E-state index in [2.05, 4.69) is 123 Å². The van der Waals surface area contributed by atoms with Gasteiger partial charge in [0, 0.05) is 35.3 Å². The molecule has 0 bridgehead atoms. The fourth-order valence-electron chi connectivity index (χ4n) is 5.48. The van der Waals surface area contributed by atoms with Gasteiger partial charge in [0.1, 0.15) is 18.2 Å². The average Bonchev–Trinajstić information content (AvgIpc) is 2.93. The van der Waals surface area contributed by atoms with Crippen molar-refractivity contribution in [1.29, 1.82) is 0 Å². The number of hydrogen-bond donors (Lipinski definition) is 0. The number of benzene rings is 4. The van der Waals surface area contributed by atoms with Gasteiger partial charge in [-0.1, -0.05) is 67.9 Å². The zero-order valence-electron chi connectivity index (χ0n) is 22.8. The number of anilines is 1. The summed E-state index contributed by atoms with van der Waals surface area (Å²) in [5.74, 6) is 1.99. The zero-order chi connectivity index (χ0) is 26.3. The molecule has 6 rings (SSSR count). The molecule has 0 spiro atoms. The molecule has 4 aromatic carbocycles. The Bertz CT molecular complexity index is 1440. The molecule has 0 radical (unpaired) electrons. The second kappa shape index (κ2) is 9.85. The van der Waals surface area contributed by atoms with Gasteiger partial charge in [0.25, 0.3) is 0 Å². The van der Waals surface area contributed by atoms with E-state index in [4.69, 9.17) is 9.47 Å². The van der Waals surface area contributed by atoms with Crippen molar-refractivity contribution < 1.29 is 9.47 Å². The molecule has 0 saturated carbocycles. The maximum absolute atomic E-state index is 6.19. The van der Waals surface area contributed by atoms with Crippen LogP contribution >= 0.6 is 0 Å². The number of nitrogens with zero attached hydrogens (tertiary/aromatic N) is 2. The summed E-state index contributed by atoms with van der Waals surface area (Å²) < 4.78 is 12.1. The van der Waals surface area contributed by atoms with Crippen LogP contribution in [0.4, 0.5) is 5.69 Å². The Morgan fingerprint density at radius 2 is 1.24 bits per heavy atom. The maximum atomic E-state index is 6.19. The largest absolute Gasteiger partial charge is 0.478 e. The molecule has 38 heavy (non-hydrogen) atoms. The molecule has 0 saturated heterocycles. The van der Waals surface area contributed by atoms with Gasteiger partial charge < -0.3 is 14.4 Å². The molecule has 0 fully saturated rings. The standard InChI is InChI=1S/C34H36N2O2/c1-24-5-7-25(8-6-24)17-26-9-13-31(14-10-26)36-21-28-19-30(12-16-33(28)38-23-36)34(2,3)29-11-15-32-27(18-29)20-35(4)22-37-32/h5-16,18-19H,17,20-23H2,1-4H3. The number of rotatable bonds is 5. The summed E-state index contributed by atoms with van der Waals surface area (Å²) in [4.78, 5) is 4.50. The Morgan fingerprint density at radius 1 is 0.684 bits per heavy atom. The normalized spacial score (nSPS) is 15.3. The summed E-state index contributed by atoms with van der Waals surface area (Å²) >= 11 is 0. The fraction of sp³-hybridized carbons (Fsp3) is 0.294. The first-order chi connectivity index (χ1) is 18.3. The van der Waals surface area contributed by atoms with Crippen molar-refractivity contribution in [2.75, 3.05) is 25.4 Å². The van der Waals surface area contributed by atoms with Gasteiger partial charge in [-0.3, -0.25) is 4.90 Å². The van der Waals surface area contributed by atoms with Crippen molar-refractivity contribution in [3.05, 3.63) is 124 Å². The molecule has 2 heterocycles. The summed E-state index contributed by atoms with van der Waals surface area (Å²) in [6.07, 6.45) is 0.948. The molecule has 4 heteroatoms. The average molecular weight is 505 g/mol. The first-order valence-corrected chi connectivity index (χ1v) is 13.5. The fourth-order valence-corrected chi connectivity index (χ4v) is 5.48. The molecule has 0 unspecified atom stereocenters. The van der Waals surface area contributed by atoms with Crippen LogP contribution in [0.1, 0.15) is 52.8 Å². The van der Waals surface area contributed by atoms with Crippen LogP contribution < -0.4 is 14.4 Å². The van der Waals surface area contributed by atoms with Gasteiger partial charge >= 0.3 is 0 Å². The van der Waals surface area contributed by atoms with Gasteiger partial charge in [0.2, 0.25) is 0 Å². The number of ether oxygens (including phenoxy) is 2. The molecule has 0 atom stereocenters. The minimum atomic E-state index is -0.139. The second-order valence-corrected chi connectivity index (χ2v) is 11.4. The third-order valence-electron chi connectivity index (χ3n) is 8.01. The predicted molar refractivity (Wildman–Crippen MR) is 154 cm³/mol. The van der Waals surface area contributed by atoms with Crippen LogP contribution in [-0.4, -0.2) is 25.4 Å². The summed E-state index contributed by atoms with van der Waals surface area (Å²) in [6.45, 7) is 9.69. The van der Waals surface area contributed by atoms with Gasteiger partial charge in [0.05, 0.1) is 0 Å². The Labute approximate surface area is 226 Å². The van der Waals surface area contributed by atoms with E-state index in [1.807, 2.05) is 0 Å². The highest BCUT2D eigenvalue weighted by Gasteiger charge is 2.28. The Kier molecular flexibility index (Phi) is 6.37. The van der Waals surface area contributed by atoms with E-state index >= 15 is 0 Å². The van der Waals surface area contributed by atoms with Crippen molar-refractivity contribution in [2.45, 2.75) is 45.7 Å². The minimum Gasteiger partial charge on any atom is -0.478 e. The van der Waals surface area contributed by atoms with Crippen molar-refractivity contribution in [3.8, 4) is 11.5 Å². The monoisotopic (exact) mass is 504 g/mol. The van der Waals surface area contributed by atoms with Crippen LogP contribution in [0, 0.1) is 6.92 Å². The molecule has 2 aliphatic heterocycles. The number of fused-ring (bicyclic) bond motifs is 2. The molecule has 4 aromatic rings. The molecule has 194 valence electrons. The van der Waals surface area contributed by atoms with E-state index in [9.17, 15) is 0 Å². The molecular weight excluding hydrogens is 468 g/mol. The predicted octanol–water partition coefficient (Wildman–Crippen LogP) is 7.05. The van der Waals surface area contributed by atoms with Crippen LogP contribution in [0.3, 0.4) is 0 Å². The molecule has 0 aromatic heterocycles. The quantitative estimate of drug-likeness (QED) is 0.291. The van der Waals surface area contributed by atoms with E-state index in [1.165, 1.54) is 44.6 Å². The van der Waals surface area contributed by atoms with Crippen LogP contribution in [0.2, 0.25) is 0 Å². The van der Waals surface area contributed by atoms with Crippen molar-refractivity contribution in [3.63, 3.8) is 0 Å². The molecule has 2 aliphatic rings. The lowest BCUT2D eigenvalue weighted by molar-refractivity contribution is 0.121. The molecule has 0 N–H and O–H groups in total. The van der Waals surface area contributed by atoms with Crippen LogP contribution in [0.15, 0.2) is 84.9 Å². The van der Waals surface area contributed by atoms with E-state index in [0.717, 1.165) is 31.0 Å². The van der Waals surface area contributed by atoms with Gasteiger partial charge in [-0.25, -0.2) is 0 Å². The van der Waals surface area contributed by atoms with Crippen LogP contribution in [0.25, 0.3) is 0 Å². The topological polar surface area (TPSA) is 24.9 Å². The lowest BCUT2D eigenvalue weighted by Crippen LogP contribution is -2.32. The van der Waals surface area contributed by atoms with E-state index < -0.39 is 0 Å². The Balaban J connectivity index is 1.20. The van der Waals surface area contributed by atoms with E-state index in [1.54, 1.807) is 0 Å². The second-order valence-electron chi connectivity index (χ2n) is 11.4. The zero-order valence-corrected chi connectivity index (χ0v) is 22.8. The maximum Gasteiger partial charge on any atom is 0.161 e. The first-order valence-electron chi connectivity index (χ1n) is 13.5. The SMILES string of the molecule is Cc1ccc(Cc2ccc(N3COc4ccc(C(C)(C)c5ccc6c(c5)CN(C)CO6)cc4C3)cc2)cc1. The Hall–Kier alpha value is -3.76. The number of aryl methyl sites for hydroxylation is 1. The van der Waals surface area contributed by atoms with Crippen molar-refractivity contribution in [2.24, 2.45) is 0 Å². The molecule has 4 nitrogen and oxygen atoms in total. The highest BCUT2D eigenvalue weighted by molar-refractivity contribution is 5.53. The highest BCUT2D eigenvalue weighted by Crippen LogP contribution is 2.38. The van der Waals surface area contributed by atoms with Gasteiger partial charge in [-0.2, -0.15) is 0 Å². The lowest BCUT2D eigenvalue weighted by Gasteiger charge is -2.33. The summed E-state index contributed by atoms with van der Waals surface area (Å²) in [7, 11) is 2.09. The van der Waals surface area contributed by atoms with Crippen LogP contribution in [0.5, 0.6) is 11.5 Å². The Morgan fingerprint density at radius 3 is 1.87 bits per heavy atom. The number of hydrogen-bond acceptors (Lipinski definition) is 4. The van der Waals surface area contributed by atoms with Gasteiger partial charge in [0.15, 0.2) is 6.73 Å². The first kappa shape index (κ1) is 24.6. The van der Waals surface area contributed by atoms with Crippen molar-refractivity contribution in [1.82, 2.24) is 4.90 Å². The summed E-state index contributed by atoms with van der Waals surface area (Å²) in [5.41, 5.74) is 10.1. The van der Waals surface area contributed by atoms with E-state index in [-0.39, 0.29) is 5.41 Å². The smallest absolute Gasteiger partial charge is 0.161 e. The van der Waals surface area contributed by atoms with Crippen molar-refractivity contribution >= 4 is 5.69 Å². The van der Waals surface area contributed by atoms with E-state index in [0.29, 0.717) is 13.5 Å². The summed E-state index contributed by atoms with van der Waals surface area (Å²) in [5, 5.41) is 0. The third kappa shape index (κ3) is 4.89. The van der Waals surface area contributed by atoms with Gasteiger partial charge in [-0.05, 0) is 79.0 Å². The lowest BCUT2D eigenvalue weighted by atomic mass is 9.77. The summed E-state index contributed by atoms with van der Waals surface area (Å²) in [6, 6.07) is 31.1. The van der Waals surface area contributed by atoms with Gasteiger partial charge in [-0.15, -0.1) is 0 Å². The highest BCUT2D eigenvalue weighted by atomic mass is 16.5. The molecular formula is C34H36N2O2. The molecule has 0 aliphatic carbocycles. The third-order valence-corrected chi connectivity index (χ3v) is 8.01. The minimum absolute atomic E-state index is 0.139. The van der Waals surface area contributed by atoms with Crippen LogP contribution in [-0.2, 0) is 24.9 Å².